The standard InChI is InChI=1S/C13H19N5S/c1-4-5-11-17-12(14-3)6-13(18-11)16-8-10-7-15-9(2)19-10/h6-7H,4-5,8H2,1-3H3,(H2,14,16,17,18). The number of thiazole rings is 1. The van der Waals surface area contributed by atoms with E-state index < -0.39 is 0 Å². The normalized spacial score (nSPS) is 10.5. The van der Waals surface area contributed by atoms with Crippen molar-refractivity contribution in [1.29, 1.82) is 0 Å². The molecular weight excluding hydrogens is 258 g/mol. The van der Waals surface area contributed by atoms with Gasteiger partial charge in [-0.3, -0.25) is 0 Å². The van der Waals surface area contributed by atoms with Gasteiger partial charge in [0.15, 0.2) is 0 Å². The number of aromatic nitrogens is 3. The zero-order chi connectivity index (χ0) is 13.7. The van der Waals surface area contributed by atoms with Crippen LogP contribution in [0.4, 0.5) is 11.6 Å². The lowest BCUT2D eigenvalue weighted by molar-refractivity contribution is 0.835. The van der Waals surface area contributed by atoms with Gasteiger partial charge in [0.2, 0.25) is 0 Å². The molecule has 0 aromatic carbocycles. The first-order valence-electron chi connectivity index (χ1n) is 6.42. The van der Waals surface area contributed by atoms with Crippen LogP contribution in [0.5, 0.6) is 0 Å². The lowest BCUT2D eigenvalue weighted by Crippen LogP contribution is -2.06. The van der Waals surface area contributed by atoms with Crippen molar-refractivity contribution in [3.63, 3.8) is 0 Å². The van der Waals surface area contributed by atoms with E-state index in [1.807, 2.05) is 26.2 Å². The Morgan fingerprint density at radius 2 is 2.05 bits per heavy atom. The number of nitrogens with zero attached hydrogens (tertiary/aromatic N) is 3. The Morgan fingerprint density at radius 3 is 2.68 bits per heavy atom. The molecule has 2 N–H and O–H groups in total. The van der Waals surface area contributed by atoms with Gasteiger partial charge in [0.25, 0.3) is 0 Å². The molecular formula is C13H19N5S. The van der Waals surface area contributed by atoms with Gasteiger partial charge in [-0.25, -0.2) is 15.0 Å². The second kappa shape index (κ2) is 6.47. The van der Waals surface area contributed by atoms with Gasteiger partial charge < -0.3 is 10.6 Å². The lowest BCUT2D eigenvalue weighted by atomic mass is 10.3. The van der Waals surface area contributed by atoms with Gasteiger partial charge in [-0.05, 0) is 13.3 Å². The molecule has 0 saturated heterocycles. The van der Waals surface area contributed by atoms with Gasteiger partial charge in [0.1, 0.15) is 17.5 Å². The van der Waals surface area contributed by atoms with E-state index in [1.165, 1.54) is 4.88 Å². The summed E-state index contributed by atoms with van der Waals surface area (Å²) in [7, 11) is 1.87. The summed E-state index contributed by atoms with van der Waals surface area (Å²) < 4.78 is 0. The summed E-state index contributed by atoms with van der Waals surface area (Å²) in [6.45, 7) is 4.89. The molecule has 102 valence electrons. The number of anilines is 2. The number of hydrogen-bond acceptors (Lipinski definition) is 6. The molecule has 2 heterocycles. The zero-order valence-corrected chi connectivity index (χ0v) is 12.3. The summed E-state index contributed by atoms with van der Waals surface area (Å²) in [6.07, 6.45) is 3.84. The van der Waals surface area contributed by atoms with E-state index >= 15 is 0 Å². The Bertz CT molecular complexity index is 538. The Balaban J connectivity index is 2.08. The third kappa shape index (κ3) is 3.89. The van der Waals surface area contributed by atoms with Gasteiger partial charge in [-0.1, -0.05) is 6.92 Å². The molecule has 0 spiro atoms. The van der Waals surface area contributed by atoms with Crippen LogP contribution in [0.25, 0.3) is 0 Å². The molecule has 0 fully saturated rings. The third-order valence-corrected chi connectivity index (χ3v) is 3.53. The highest BCUT2D eigenvalue weighted by molar-refractivity contribution is 7.11. The maximum absolute atomic E-state index is 4.51. The van der Waals surface area contributed by atoms with E-state index in [-0.39, 0.29) is 0 Å². The highest BCUT2D eigenvalue weighted by Crippen LogP contribution is 2.16. The molecule has 0 radical (unpaired) electrons. The van der Waals surface area contributed by atoms with Gasteiger partial charge in [0.05, 0.1) is 11.6 Å². The molecule has 0 unspecified atom stereocenters. The van der Waals surface area contributed by atoms with Crippen LogP contribution in [-0.4, -0.2) is 22.0 Å². The summed E-state index contributed by atoms with van der Waals surface area (Å²) in [5.74, 6) is 2.58. The first kappa shape index (κ1) is 13.7. The van der Waals surface area contributed by atoms with Crippen LogP contribution in [0.1, 0.15) is 29.1 Å². The molecule has 0 aliphatic rings. The fourth-order valence-electron chi connectivity index (χ4n) is 1.72. The smallest absolute Gasteiger partial charge is 0.133 e. The fourth-order valence-corrected chi connectivity index (χ4v) is 2.45. The minimum atomic E-state index is 0.747. The van der Waals surface area contributed by atoms with Crippen molar-refractivity contribution in [1.82, 2.24) is 15.0 Å². The maximum atomic E-state index is 4.51. The van der Waals surface area contributed by atoms with Crippen LogP contribution >= 0.6 is 11.3 Å². The van der Waals surface area contributed by atoms with Gasteiger partial charge in [-0.2, -0.15) is 0 Å². The number of rotatable bonds is 6. The largest absolute Gasteiger partial charge is 0.373 e. The van der Waals surface area contributed by atoms with E-state index in [0.29, 0.717) is 0 Å². The van der Waals surface area contributed by atoms with Gasteiger partial charge >= 0.3 is 0 Å². The van der Waals surface area contributed by atoms with E-state index in [4.69, 9.17) is 0 Å². The monoisotopic (exact) mass is 277 g/mol. The predicted octanol–water partition coefficient (Wildman–Crippen LogP) is 2.85. The van der Waals surface area contributed by atoms with Crippen LogP contribution in [-0.2, 0) is 13.0 Å². The van der Waals surface area contributed by atoms with Crippen LogP contribution in [0, 0.1) is 6.92 Å². The third-order valence-electron chi connectivity index (χ3n) is 2.62. The molecule has 0 aliphatic carbocycles. The Morgan fingerprint density at radius 1 is 1.26 bits per heavy atom. The highest BCUT2D eigenvalue weighted by Gasteiger charge is 2.04. The second-order valence-electron chi connectivity index (χ2n) is 4.25. The topological polar surface area (TPSA) is 62.7 Å². The molecule has 5 nitrogen and oxygen atoms in total. The molecule has 0 bridgehead atoms. The highest BCUT2D eigenvalue weighted by atomic mass is 32.1. The SMILES string of the molecule is CCCc1nc(NC)cc(NCc2cnc(C)s2)n1. The number of hydrogen-bond donors (Lipinski definition) is 2. The fraction of sp³-hybridized carbons (Fsp3) is 0.462. The minimum Gasteiger partial charge on any atom is -0.373 e. The van der Waals surface area contributed by atoms with Crippen molar-refractivity contribution in [2.45, 2.75) is 33.2 Å². The first-order chi connectivity index (χ1) is 9.21. The lowest BCUT2D eigenvalue weighted by Gasteiger charge is -2.08. The second-order valence-corrected chi connectivity index (χ2v) is 5.57. The summed E-state index contributed by atoms with van der Waals surface area (Å²) in [6, 6.07) is 1.92. The Hall–Kier alpha value is -1.69. The molecule has 19 heavy (non-hydrogen) atoms. The van der Waals surface area contributed by atoms with Crippen molar-refractivity contribution in [2.75, 3.05) is 17.7 Å². The summed E-state index contributed by atoms with van der Waals surface area (Å²) in [4.78, 5) is 14.4. The number of aryl methyl sites for hydroxylation is 2. The van der Waals surface area contributed by atoms with Crippen molar-refractivity contribution in [3.8, 4) is 0 Å². The van der Waals surface area contributed by atoms with E-state index in [9.17, 15) is 0 Å². The molecule has 0 amide bonds. The quantitative estimate of drug-likeness (QED) is 0.850. The predicted molar refractivity (Wildman–Crippen MR) is 79.8 cm³/mol. The van der Waals surface area contributed by atoms with Crippen molar-refractivity contribution in [3.05, 3.63) is 28.0 Å². The summed E-state index contributed by atoms with van der Waals surface area (Å²) >= 11 is 1.70. The van der Waals surface area contributed by atoms with Crippen molar-refractivity contribution < 1.29 is 0 Å². The summed E-state index contributed by atoms with van der Waals surface area (Å²) in [5, 5.41) is 7.48. The van der Waals surface area contributed by atoms with Crippen LogP contribution < -0.4 is 10.6 Å². The Kier molecular flexibility index (Phi) is 4.68. The van der Waals surface area contributed by atoms with Crippen LogP contribution in [0.3, 0.4) is 0 Å². The average molecular weight is 277 g/mol. The summed E-state index contributed by atoms with van der Waals surface area (Å²) in [5.41, 5.74) is 0. The van der Waals surface area contributed by atoms with Crippen LogP contribution in [0.2, 0.25) is 0 Å². The first-order valence-corrected chi connectivity index (χ1v) is 7.23. The zero-order valence-electron chi connectivity index (χ0n) is 11.5. The molecule has 2 aromatic heterocycles. The van der Waals surface area contributed by atoms with Crippen molar-refractivity contribution >= 4 is 23.0 Å². The van der Waals surface area contributed by atoms with Gasteiger partial charge in [0, 0.05) is 30.6 Å². The average Bonchev–Trinajstić information content (AvgIpc) is 2.82. The van der Waals surface area contributed by atoms with E-state index in [0.717, 1.165) is 41.9 Å². The molecule has 0 saturated carbocycles. The van der Waals surface area contributed by atoms with E-state index in [1.54, 1.807) is 11.3 Å². The Labute approximate surface area is 117 Å². The maximum Gasteiger partial charge on any atom is 0.133 e. The van der Waals surface area contributed by atoms with Crippen LogP contribution in [0.15, 0.2) is 12.3 Å². The molecule has 2 aromatic rings. The molecule has 0 atom stereocenters. The minimum absolute atomic E-state index is 0.747. The number of nitrogens with one attached hydrogen (secondary N) is 2. The molecule has 0 aliphatic heterocycles. The van der Waals surface area contributed by atoms with Gasteiger partial charge in [-0.15, -0.1) is 11.3 Å². The molecule has 6 heteroatoms. The van der Waals surface area contributed by atoms with Crippen molar-refractivity contribution in [2.24, 2.45) is 0 Å². The van der Waals surface area contributed by atoms with E-state index in [2.05, 4.69) is 32.5 Å². The molecule has 2 rings (SSSR count).